The highest BCUT2D eigenvalue weighted by molar-refractivity contribution is 5.37. The molecule has 2 rings (SSSR count). The van der Waals surface area contributed by atoms with Gasteiger partial charge in [0.1, 0.15) is 5.82 Å². The molecule has 18 heavy (non-hydrogen) atoms. The van der Waals surface area contributed by atoms with Gasteiger partial charge in [-0.05, 0) is 25.5 Å². The monoisotopic (exact) mass is 248 g/mol. The lowest BCUT2D eigenvalue weighted by Crippen LogP contribution is -2.48. The summed E-state index contributed by atoms with van der Waals surface area (Å²) in [5, 5.41) is 3.47. The molecular weight excluding hydrogens is 224 g/mol. The number of anilines is 1. The minimum atomic E-state index is 0.595. The van der Waals surface area contributed by atoms with E-state index in [1.807, 2.05) is 6.20 Å². The second-order valence-corrected chi connectivity index (χ2v) is 5.13. The third-order valence-electron chi connectivity index (χ3n) is 3.53. The molecule has 2 heterocycles. The van der Waals surface area contributed by atoms with Crippen molar-refractivity contribution in [2.45, 2.75) is 26.4 Å². The van der Waals surface area contributed by atoms with E-state index in [1.165, 1.54) is 5.56 Å². The van der Waals surface area contributed by atoms with E-state index in [0.717, 1.165) is 38.5 Å². The summed E-state index contributed by atoms with van der Waals surface area (Å²) in [5.41, 5.74) is 1.30. The Kier molecular flexibility index (Phi) is 4.55. The van der Waals surface area contributed by atoms with Gasteiger partial charge in [0.15, 0.2) is 0 Å². The molecule has 4 nitrogen and oxygen atoms in total. The fourth-order valence-corrected chi connectivity index (χ4v) is 2.31. The number of hydrogen-bond acceptors (Lipinski definition) is 4. The quantitative estimate of drug-likeness (QED) is 0.871. The second-order valence-electron chi connectivity index (χ2n) is 5.13. The number of piperazine rings is 1. The Balaban J connectivity index is 1.93. The molecule has 1 N–H and O–H groups in total. The highest BCUT2D eigenvalue weighted by Crippen LogP contribution is 2.11. The van der Waals surface area contributed by atoms with Crippen LogP contribution in [0.25, 0.3) is 0 Å². The molecular formula is C14H24N4. The van der Waals surface area contributed by atoms with Crippen molar-refractivity contribution in [3.63, 3.8) is 0 Å². The molecule has 1 aromatic heterocycles. The Morgan fingerprint density at radius 2 is 2.33 bits per heavy atom. The lowest BCUT2D eigenvalue weighted by atomic mass is 10.2. The molecule has 0 unspecified atom stereocenters. The summed E-state index contributed by atoms with van der Waals surface area (Å²) in [7, 11) is 2.07. The summed E-state index contributed by atoms with van der Waals surface area (Å²) >= 11 is 0. The van der Waals surface area contributed by atoms with E-state index < -0.39 is 0 Å². The maximum absolute atomic E-state index is 4.52. The van der Waals surface area contributed by atoms with Crippen molar-refractivity contribution in [2.75, 3.05) is 38.1 Å². The van der Waals surface area contributed by atoms with Crippen molar-refractivity contribution in [3.05, 3.63) is 23.9 Å². The Hall–Kier alpha value is -1.13. The van der Waals surface area contributed by atoms with Crippen LogP contribution < -0.4 is 10.2 Å². The van der Waals surface area contributed by atoms with Crippen LogP contribution in [0.5, 0.6) is 0 Å². The summed E-state index contributed by atoms with van der Waals surface area (Å²) in [5.74, 6) is 1.05. The predicted molar refractivity (Wildman–Crippen MR) is 75.9 cm³/mol. The third-order valence-corrected chi connectivity index (χ3v) is 3.53. The van der Waals surface area contributed by atoms with Crippen LogP contribution in [0.3, 0.4) is 0 Å². The summed E-state index contributed by atoms with van der Waals surface area (Å²) in [6, 6.07) is 4.91. The molecule has 0 radical (unpaired) electrons. The zero-order chi connectivity index (χ0) is 13.0. The second kappa shape index (κ2) is 6.16. The number of nitrogens with zero attached hydrogens (tertiary/aromatic N) is 3. The first-order valence-electron chi connectivity index (χ1n) is 6.81. The van der Waals surface area contributed by atoms with Gasteiger partial charge in [-0.2, -0.15) is 0 Å². The van der Waals surface area contributed by atoms with E-state index in [4.69, 9.17) is 0 Å². The molecule has 1 atom stereocenters. The molecule has 1 fully saturated rings. The van der Waals surface area contributed by atoms with Gasteiger partial charge in [0, 0.05) is 52.0 Å². The smallest absolute Gasteiger partial charge is 0.128 e. The number of pyridine rings is 1. The van der Waals surface area contributed by atoms with Gasteiger partial charge in [-0.25, -0.2) is 4.98 Å². The summed E-state index contributed by atoms with van der Waals surface area (Å²) in [6.07, 6.45) is 2.01. The summed E-state index contributed by atoms with van der Waals surface area (Å²) in [4.78, 5) is 9.15. The van der Waals surface area contributed by atoms with Crippen molar-refractivity contribution in [1.29, 1.82) is 0 Å². The standard InChI is InChI=1S/C14H24N4/c1-4-17(3)14-6-5-13(9-16-14)11-18-8-7-15-12(2)10-18/h5-6,9,12,15H,4,7-8,10-11H2,1-3H3/t12-/m1/s1. The van der Waals surface area contributed by atoms with Gasteiger partial charge in [-0.1, -0.05) is 6.07 Å². The summed E-state index contributed by atoms with van der Waals surface area (Å²) in [6.45, 7) is 9.71. The Morgan fingerprint density at radius 1 is 1.50 bits per heavy atom. The molecule has 0 aromatic carbocycles. The molecule has 0 aliphatic carbocycles. The van der Waals surface area contributed by atoms with Crippen LogP contribution in [0, 0.1) is 0 Å². The third kappa shape index (κ3) is 3.43. The van der Waals surface area contributed by atoms with E-state index in [2.05, 4.69) is 53.1 Å². The minimum Gasteiger partial charge on any atom is -0.360 e. The van der Waals surface area contributed by atoms with Crippen molar-refractivity contribution in [2.24, 2.45) is 0 Å². The van der Waals surface area contributed by atoms with Crippen LogP contribution in [0.1, 0.15) is 19.4 Å². The zero-order valence-corrected chi connectivity index (χ0v) is 11.7. The van der Waals surface area contributed by atoms with E-state index in [9.17, 15) is 0 Å². The normalized spacial score (nSPS) is 20.9. The van der Waals surface area contributed by atoms with E-state index in [0.29, 0.717) is 6.04 Å². The maximum atomic E-state index is 4.52. The molecule has 0 amide bonds. The molecule has 4 heteroatoms. The summed E-state index contributed by atoms with van der Waals surface area (Å²) < 4.78 is 0. The van der Waals surface area contributed by atoms with Gasteiger partial charge in [0.2, 0.25) is 0 Å². The molecule has 1 aliphatic rings. The zero-order valence-electron chi connectivity index (χ0n) is 11.7. The number of nitrogens with one attached hydrogen (secondary N) is 1. The van der Waals surface area contributed by atoms with Crippen molar-refractivity contribution >= 4 is 5.82 Å². The largest absolute Gasteiger partial charge is 0.360 e. The van der Waals surface area contributed by atoms with Crippen LogP contribution in [-0.4, -0.2) is 49.2 Å². The lowest BCUT2D eigenvalue weighted by molar-refractivity contribution is 0.199. The van der Waals surface area contributed by atoms with Crippen LogP contribution in [0.15, 0.2) is 18.3 Å². The van der Waals surface area contributed by atoms with Gasteiger partial charge in [0.05, 0.1) is 0 Å². The van der Waals surface area contributed by atoms with E-state index >= 15 is 0 Å². The van der Waals surface area contributed by atoms with Crippen molar-refractivity contribution in [1.82, 2.24) is 15.2 Å². The molecule has 1 aliphatic heterocycles. The van der Waals surface area contributed by atoms with E-state index in [-0.39, 0.29) is 0 Å². The van der Waals surface area contributed by atoms with Crippen LogP contribution in [-0.2, 0) is 6.54 Å². The lowest BCUT2D eigenvalue weighted by Gasteiger charge is -2.31. The highest BCUT2D eigenvalue weighted by atomic mass is 15.2. The molecule has 0 spiro atoms. The molecule has 1 aromatic rings. The highest BCUT2D eigenvalue weighted by Gasteiger charge is 2.15. The van der Waals surface area contributed by atoms with Crippen molar-refractivity contribution < 1.29 is 0 Å². The van der Waals surface area contributed by atoms with Gasteiger partial charge in [0.25, 0.3) is 0 Å². The Morgan fingerprint density at radius 3 is 2.94 bits per heavy atom. The first kappa shape index (κ1) is 13.3. The first-order chi connectivity index (χ1) is 8.69. The predicted octanol–water partition coefficient (Wildman–Crippen LogP) is 1.33. The van der Waals surface area contributed by atoms with Crippen LogP contribution in [0.4, 0.5) is 5.82 Å². The van der Waals surface area contributed by atoms with Crippen molar-refractivity contribution in [3.8, 4) is 0 Å². The first-order valence-corrected chi connectivity index (χ1v) is 6.81. The fraction of sp³-hybridized carbons (Fsp3) is 0.643. The van der Waals surface area contributed by atoms with Gasteiger partial charge in [-0.15, -0.1) is 0 Å². The number of hydrogen-bond donors (Lipinski definition) is 1. The van der Waals surface area contributed by atoms with Gasteiger partial charge < -0.3 is 10.2 Å². The fourth-order valence-electron chi connectivity index (χ4n) is 2.31. The molecule has 100 valence electrons. The average Bonchev–Trinajstić information content (AvgIpc) is 2.39. The number of rotatable bonds is 4. The topological polar surface area (TPSA) is 31.4 Å². The van der Waals surface area contributed by atoms with Crippen LogP contribution >= 0.6 is 0 Å². The molecule has 0 saturated carbocycles. The maximum Gasteiger partial charge on any atom is 0.128 e. The van der Waals surface area contributed by atoms with E-state index in [1.54, 1.807) is 0 Å². The van der Waals surface area contributed by atoms with Gasteiger partial charge >= 0.3 is 0 Å². The molecule has 0 bridgehead atoms. The SMILES string of the molecule is CCN(C)c1ccc(CN2CCN[C@H](C)C2)cn1. The van der Waals surface area contributed by atoms with Crippen LogP contribution in [0.2, 0.25) is 0 Å². The Bertz CT molecular complexity index is 363. The Labute approximate surface area is 110 Å². The number of aromatic nitrogens is 1. The minimum absolute atomic E-state index is 0.595. The van der Waals surface area contributed by atoms with Gasteiger partial charge in [-0.3, -0.25) is 4.90 Å². The average molecular weight is 248 g/mol. The molecule has 1 saturated heterocycles.